The van der Waals surface area contributed by atoms with Crippen molar-refractivity contribution in [2.45, 2.75) is 0 Å². The van der Waals surface area contributed by atoms with Gasteiger partial charge in [-0.3, -0.25) is 9.69 Å². The van der Waals surface area contributed by atoms with Gasteiger partial charge in [0.2, 0.25) is 5.91 Å². The molecule has 1 aromatic rings. The van der Waals surface area contributed by atoms with Crippen LogP contribution in [0, 0.1) is 0 Å². The minimum atomic E-state index is -0.323. The number of imide groups is 1. The molecule has 18 heavy (non-hydrogen) atoms. The van der Waals surface area contributed by atoms with E-state index in [1.165, 1.54) is 4.90 Å². The molecule has 1 aromatic carbocycles. The average molecular weight is 377 g/mol. The summed E-state index contributed by atoms with van der Waals surface area (Å²) in [5.41, 5.74) is 0.811. The van der Waals surface area contributed by atoms with Gasteiger partial charge in [-0.2, -0.15) is 0 Å². The quantitative estimate of drug-likeness (QED) is 0.849. The first-order valence-corrected chi connectivity index (χ1v) is 6.93. The maximum absolute atomic E-state index is 11.8. The van der Waals surface area contributed by atoms with Crippen LogP contribution in [0.1, 0.15) is 0 Å². The Balaban J connectivity index is 1.95. The van der Waals surface area contributed by atoms with Gasteiger partial charge >= 0.3 is 6.03 Å². The van der Waals surface area contributed by atoms with Crippen LogP contribution in [-0.4, -0.2) is 36.5 Å². The van der Waals surface area contributed by atoms with Crippen LogP contribution in [0.4, 0.5) is 10.5 Å². The molecule has 7 heteroatoms. The largest absolute Gasteiger partial charge is 0.375 e. The predicted molar refractivity (Wildman–Crippen MR) is 75.4 cm³/mol. The number of hydrogen-bond acceptors (Lipinski definition) is 3. The molecule has 0 aromatic heterocycles. The molecule has 0 unspecified atom stereocenters. The molecule has 1 saturated heterocycles. The average Bonchev–Trinajstić information content (AvgIpc) is 2.74. The SMILES string of the molecule is O=C(CNc1ccc(Br)cc1Br)N1CCNC1=O. The number of carbonyl (C=O) groups excluding carboxylic acids is 2. The van der Waals surface area contributed by atoms with Crippen LogP contribution >= 0.6 is 31.9 Å². The third-order valence-corrected chi connectivity index (χ3v) is 3.67. The number of nitrogens with zero attached hydrogens (tertiary/aromatic N) is 1. The van der Waals surface area contributed by atoms with E-state index in [1.54, 1.807) is 0 Å². The van der Waals surface area contributed by atoms with Crippen molar-refractivity contribution in [1.82, 2.24) is 10.2 Å². The lowest BCUT2D eigenvalue weighted by Crippen LogP contribution is -2.38. The lowest BCUT2D eigenvalue weighted by atomic mass is 10.3. The smallest absolute Gasteiger partial charge is 0.324 e. The fourth-order valence-electron chi connectivity index (χ4n) is 1.61. The normalized spacial score (nSPS) is 14.6. The Kier molecular flexibility index (Phi) is 4.23. The highest BCUT2D eigenvalue weighted by molar-refractivity contribution is 9.11. The zero-order chi connectivity index (χ0) is 13.1. The summed E-state index contributed by atoms with van der Waals surface area (Å²) in [6.07, 6.45) is 0. The Morgan fingerprint density at radius 2 is 2.22 bits per heavy atom. The molecule has 2 rings (SSSR count). The molecule has 0 radical (unpaired) electrons. The summed E-state index contributed by atoms with van der Waals surface area (Å²) >= 11 is 6.75. The number of anilines is 1. The van der Waals surface area contributed by atoms with Gasteiger partial charge in [-0.25, -0.2) is 4.79 Å². The number of hydrogen-bond donors (Lipinski definition) is 2. The number of urea groups is 1. The fraction of sp³-hybridized carbons (Fsp3) is 0.273. The van der Waals surface area contributed by atoms with Crippen LogP contribution in [0.2, 0.25) is 0 Å². The molecule has 1 fully saturated rings. The molecule has 96 valence electrons. The Bertz CT molecular complexity index is 493. The molecule has 1 aliphatic heterocycles. The van der Waals surface area contributed by atoms with Crippen LogP contribution < -0.4 is 10.6 Å². The lowest BCUT2D eigenvalue weighted by Gasteiger charge is -2.14. The maximum Gasteiger partial charge on any atom is 0.324 e. The molecule has 0 bridgehead atoms. The van der Waals surface area contributed by atoms with Crippen LogP contribution in [0.5, 0.6) is 0 Å². The van der Waals surface area contributed by atoms with Crippen molar-refractivity contribution >= 4 is 49.5 Å². The molecular formula is C11H11Br2N3O2. The van der Waals surface area contributed by atoms with Crippen molar-refractivity contribution < 1.29 is 9.59 Å². The molecule has 2 N–H and O–H groups in total. The molecule has 3 amide bonds. The highest BCUT2D eigenvalue weighted by Crippen LogP contribution is 2.25. The molecule has 0 spiro atoms. The summed E-state index contributed by atoms with van der Waals surface area (Å²) < 4.78 is 1.81. The van der Waals surface area contributed by atoms with E-state index in [-0.39, 0.29) is 18.5 Å². The summed E-state index contributed by atoms with van der Waals surface area (Å²) in [7, 11) is 0. The first-order chi connectivity index (χ1) is 8.58. The molecule has 0 saturated carbocycles. The second-order valence-corrected chi connectivity index (χ2v) is 5.53. The second kappa shape index (κ2) is 5.71. The highest BCUT2D eigenvalue weighted by Gasteiger charge is 2.25. The van der Waals surface area contributed by atoms with Gasteiger partial charge in [0.05, 0.1) is 6.54 Å². The summed E-state index contributed by atoms with van der Waals surface area (Å²) in [5.74, 6) is -0.236. The van der Waals surface area contributed by atoms with E-state index < -0.39 is 0 Å². The number of halogens is 2. The number of rotatable bonds is 3. The van der Waals surface area contributed by atoms with Gasteiger partial charge in [0.1, 0.15) is 0 Å². The second-order valence-electron chi connectivity index (χ2n) is 3.76. The van der Waals surface area contributed by atoms with Crippen molar-refractivity contribution in [3.8, 4) is 0 Å². The van der Waals surface area contributed by atoms with Crippen molar-refractivity contribution in [2.75, 3.05) is 25.0 Å². The van der Waals surface area contributed by atoms with Gasteiger partial charge in [0.25, 0.3) is 0 Å². The molecule has 5 nitrogen and oxygen atoms in total. The van der Waals surface area contributed by atoms with Gasteiger partial charge in [-0.15, -0.1) is 0 Å². The highest BCUT2D eigenvalue weighted by atomic mass is 79.9. The standard InChI is InChI=1S/C11H11Br2N3O2/c12-7-1-2-9(8(13)5-7)15-6-10(17)16-4-3-14-11(16)18/h1-2,5,15H,3-4,6H2,(H,14,18). The first-order valence-electron chi connectivity index (χ1n) is 5.35. The third kappa shape index (κ3) is 3.02. The van der Waals surface area contributed by atoms with Crippen molar-refractivity contribution in [1.29, 1.82) is 0 Å². The van der Waals surface area contributed by atoms with Crippen LogP contribution in [0.25, 0.3) is 0 Å². The van der Waals surface area contributed by atoms with Gasteiger partial charge < -0.3 is 10.6 Å². The Hall–Kier alpha value is -1.08. The summed E-state index contributed by atoms with van der Waals surface area (Å²) in [4.78, 5) is 24.3. The van der Waals surface area contributed by atoms with Gasteiger partial charge in [-0.05, 0) is 34.1 Å². The van der Waals surface area contributed by atoms with E-state index in [2.05, 4.69) is 42.5 Å². The lowest BCUT2D eigenvalue weighted by molar-refractivity contribution is -0.125. The monoisotopic (exact) mass is 375 g/mol. The molecule has 0 aliphatic carbocycles. The first kappa shape index (κ1) is 13.4. The summed E-state index contributed by atoms with van der Waals surface area (Å²) in [6, 6.07) is 5.29. The van der Waals surface area contributed by atoms with Crippen molar-refractivity contribution in [3.63, 3.8) is 0 Å². The van der Waals surface area contributed by atoms with E-state index in [1.807, 2.05) is 18.2 Å². The van der Waals surface area contributed by atoms with Crippen molar-refractivity contribution in [3.05, 3.63) is 27.1 Å². The van der Waals surface area contributed by atoms with Crippen LogP contribution in [0.3, 0.4) is 0 Å². The van der Waals surface area contributed by atoms with Gasteiger partial charge in [0.15, 0.2) is 0 Å². The number of nitrogens with one attached hydrogen (secondary N) is 2. The number of carbonyl (C=O) groups is 2. The van der Waals surface area contributed by atoms with E-state index >= 15 is 0 Å². The van der Waals surface area contributed by atoms with Crippen LogP contribution in [-0.2, 0) is 4.79 Å². The Morgan fingerprint density at radius 3 is 2.83 bits per heavy atom. The third-order valence-electron chi connectivity index (χ3n) is 2.52. The summed E-state index contributed by atoms with van der Waals surface area (Å²) in [6.45, 7) is 1.04. The Morgan fingerprint density at radius 1 is 1.44 bits per heavy atom. The molecule has 1 heterocycles. The van der Waals surface area contributed by atoms with Crippen molar-refractivity contribution in [2.24, 2.45) is 0 Å². The topological polar surface area (TPSA) is 61.4 Å². The zero-order valence-corrected chi connectivity index (χ0v) is 12.5. The fourth-order valence-corrected chi connectivity index (χ4v) is 2.80. The van der Waals surface area contributed by atoms with E-state index in [4.69, 9.17) is 0 Å². The maximum atomic E-state index is 11.8. The molecular weight excluding hydrogens is 366 g/mol. The predicted octanol–water partition coefficient (Wildman–Crippen LogP) is 2.18. The van der Waals surface area contributed by atoms with Gasteiger partial charge in [0, 0.05) is 27.7 Å². The summed E-state index contributed by atoms with van der Waals surface area (Å²) in [5, 5.41) is 5.59. The molecule has 0 atom stereocenters. The van der Waals surface area contributed by atoms with E-state index in [0.717, 1.165) is 14.6 Å². The minimum Gasteiger partial charge on any atom is -0.375 e. The molecule has 1 aliphatic rings. The Labute approximate surface area is 121 Å². The van der Waals surface area contributed by atoms with Crippen LogP contribution in [0.15, 0.2) is 27.1 Å². The van der Waals surface area contributed by atoms with E-state index in [0.29, 0.717) is 13.1 Å². The van der Waals surface area contributed by atoms with E-state index in [9.17, 15) is 9.59 Å². The van der Waals surface area contributed by atoms with Gasteiger partial charge in [-0.1, -0.05) is 15.9 Å². The number of benzene rings is 1. The zero-order valence-electron chi connectivity index (χ0n) is 9.37. The number of amides is 3. The minimum absolute atomic E-state index is 0.0909.